The highest BCUT2D eigenvalue weighted by atomic mass is 15.0. The van der Waals surface area contributed by atoms with Crippen LogP contribution >= 0.6 is 0 Å². The molecule has 0 saturated heterocycles. The molecule has 0 unspecified atom stereocenters. The van der Waals surface area contributed by atoms with Crippen LogP contribution in [0.25, 0.3) is 0 Å². The first-order valence-electron chi connectivity index (χ1n) is 3.03. The van der Waals surface area contributed by atoms with Gasteiger partial charge in [-0.15, -0.1) is 0 Å². The highest BCUT2D eigenvalue weighted by Gasteiger charge is 1.82. The van der Waals surface area contributed by atoms with E-state index < -0.39 is 0 Å². The molecule has 0 aromatic heterocycles. The number of hydrogen-bond donors (Lipinski definition) is 0. The van der Waals surface area contributed by atoms with E-state index in [9.17, 15) is 0 Å². The third-order valence-corrected chi connectivity index (χ3v) is 0.979. The minimum absolute atomic E-state index is 1.16. The molecule has 0 aliphatic carbocycles. The molecule has 8 heavy (non-hydrogen) atoms. The van der Waals surface area contributed by atoms with Crippen molar-refractivity contribution < 1.29 is 0 Å². The first-order valence-corrected chi connectivity index (χ1v) is 3.03. The standard InChI is InChI=1S/C7H15N/c1-4-5-6-7-8(2)3/h4-5H,6-7H2,1-3H3/b5-4-. The van der Waals surface area contributed by atoms with Crippen LogP contribution in [0.1, 0.15) is 13.3 Å². The number of hydrogen-bond acceptors (Lipinski definition) is 1. The minimum Gasteiger partial charge on any atom is -0.309 e. The Morgan fingerprint density at radius 3 is 2.38 bits per heavy atom. The molecule has 0 aliphatic rings. The van der Waals surface area contributed by atoms with E-state index in [0.717, 1.165) is 6.54 Å². The molecular formula is C7H15N. The highest BCUT2D eigenvalue weighted by Crippen LogP contribution is 1.83. The van der Waals surface area contributed by atoms with E-state index in [-0.39, 0.29) is 0 Å². The van der Waals surface area contributed by atoms with Gasteiger partial charge in [-0.3, -0.25) is 0 Å². The smallest absolute Gasteiger partial charge is 0.000980 e. The summed E-state index contributed by atoms with van der Waals surface area (Å²) in [5.41, 5.74) is 0. The van der Waals surface area contributed by atoms with Gasteiger partial charge in [0.25, 0.3) is 0 Å². The fourth-order valence-electron chi connectivity index (χ4n) is 0.499. The molecule has 48 valence electrons. The second kappa shape index (κ2) is 4.85. The van der Waals surface area contributed by atoms with Crippen molar-refractivity contribution in [2.45, 2.75) is 13.3 Å². The van der Waals surface area contributed by atoms with Gasteiger partial charge in [0.1, 0.15) is 0 Å². The molecule has 0 saturated carbocycles. The second-order valence-corrected chi connectivity index (χ2v) is 2.16. The van der Waals surface area contributed by atoms with Crippen LogP contribution in [0.2, 0.25) is 0 Å². The van der Waals surface area contributed by atoms with Crippen molar-refractivity contribution in [3.05, 3.63) is 12.2 Å². The lowest BCUT2D eigenvalue weighted by Gasteiger charge is -2.04. The maximum Gasteiger partial charge on any atom is 0.000980 e. The molecule has 0 aliphatic heterocycles. The van der Waals surface area contributed by atoms with Gasteiger partial charge in [0.15, 0.2) is 0 Å². The van der Waals surface area contributed by atoms with Crippen LogP contribution in [0.15, 0.2) is 12.2 Å². The van der Waals surface area contributed by atoms with Crippen LogP contribution in [0.5, 0.6) is 0 Å². The topological polar surface area (TPSA) is 3.24 Å². The Morgan fingerprint density at radius 1 is 1.38 bits per heavy atom. The van der Waals surface area contributed by atoms with E-state index in [2.05, 4.69) is 38.1 Å². The van der Waals surface area contributed by atoms with Gasteiger partial charge in [-0.1, -0.05) is 12.2 Å². The summed E-state index contributed by atoms with van der Waals surface area (Å²) in [5.74, 6) is 0. The lowest BCUT2D eigenvalue weighted by atomic mass is 10.4. The van der Waals surface area contributed by atoms with Crippen LogP contribution in [-0.4, -0.2) is 25.5 Å². The Hall–Kier alpha value is -0.300. The van der Waals surface area contributed by atoms with Gasteiger partial charge in [-0.05, 0) is 27.4 Å². The zero-order valence-electron chi connectivity index (χ0n) is 6.02. The summed E-state index contributed by atoms with van der Waals surface area (Å²) < 4.78 is 0. The van der Waals surface area contributed by atoms with Gasteiger partial charge in [-0.2, -0.15) is 0 Å². The van der Waals surface area contributed by atoms with Gasteiger partial charge in [0.05, 0.1) is 0 Å². The average molecular weight is 113 g/mol. The fraction of sp³-hybridized carbons (Fsp3) is 0.714. The molecule has 0 spiro atoms. The Morgan fingerprint density at radius 2 is 2.00 bits per heavy atom. The average Bonchev–Trinajstić information content (AvgIpc) is 1.66. The maximum absolute atomic E-state index is 2.18. The first-order chi connectivity index (χ1) is 3.77. The van der Waals surface area contributed by atoms with Gasteiger partial charge in [0.2, 0.25) is 0 Å². The van der Waals surface area contributed by atoms with Crippen molar-refractivity contribution in [2.24, 2.45) is 0 Å². The van der Waals surface area contributed by atoms with E-state index in [0.29, 0.717) is 0 Å². The molecule has 0 N–H and O–H groups in total. The van der Waals surface area contributed by atoms with Crippen molar-refractivity contribution >= 4 is 0 Å². The molecule has 0 rings (SSSR count). The quantitative estimate of drug-likeness (QED) is 0.501. The van der Waals surface area contributed by atoms with Crippen molar-refractivity contribution in [3.8, 4) is 0 Å². The lowest BCUT2D eigenvalue weighted by molar-refractivity contribution is 0.417. The third-order valence-electron chi connectivity index (χ3n) is 0.979. The van der Waals surface area contributed by atoms with Crippen molar-refractivity contribution in [3.63, 3.8) is 0 Å². The van der Waals surface area contributed by atoms with Crippen LogP contribution in [0, 0.1) is 0 Å². The molecule has 0 bridgehead atoms. The molecule has 0 aromatic rings. The summed E-state index contributed by atoms with van der Waals surface area (Å²) in [6.45, 7) is 3.21. The zero-order valence-corrected chi connectivity index (χ0v) is 6.02. The molecule has 1 nitrogen and oxygen atoms in total. The van der Waals surface area contributed by atoms with Crippen molar-refractivity contribution in [1.82, 2.24) is 4.90 Å². The second-order valence-electron chi connectivity index (χ2n) is 2.16. The molecule has 0 fully saturated rings. The van der Waals surface area contributed by atoms with Gasteiger partial charge in [-0.25, -0.2) is 0 Å². The summed E-state index contributed by atoms with van der Waals surface area (Å²) in [6.07, 6.45) is 5.44. The monoisotopic (exact) mass is 113 g/mol. The van der Waals surface area contributed by atoms with Crippen molar-refractivity contribution in [1.29, 1.82) is 0 Å². The predicted molar refractivity (Wildman–Crippen MR) is 38.0 cm³/mol. The fourth-order valence-corrected chi connectivity index (χ4v) is 0.499. The largest absolute Gasteiger partial charge is 0.309 e. The molecule has 1 heteroatoms. The third kappa shape index (κ3) is 5.70. The highest BCUT2D eigenvalue weighted by molar-refractivity contribution is 4.77. The Labute approximate surface area is 52.0 Å². The number of allylic oxidation sites excluding steroid dienone is 1. The van der Waals surface area contributed by atoms with E-state index >= 15 is 0 Å². The molecule has 0 heterocycles. The van der Waals surface area contributed by atoms with Crippen LogP contribution in [0.3, 0.4) is 0 Å². The molecule has 0 aromatic carbocycles. The van der Waals surface area contributed by atoms with Gasteiger partial charge in [0, 0.05) is 6.54 Å². The van der Waals surface area contributed by atoms with Crippen molar-refractivity contribution in [2.75, 3.05) is 20.6 Å². The van der Waals surface area contributed by atoms with E-state index in [1.165, 1.54) is 6.42 Å². The lowest BCUT2D eigenvalue weighted by Crippen LogP contribution is -2.11. The summed E-state index contributed by atoms with van der Waals surface area (Å²) in [5, 5.41) is 0. The number of nitrogens with zero attached hydrogens (tertiary/aromatic N) is 1. The zero-order chi connectivity index (χ0) is 6.41. The molecular weight excluding hydrogens is 98.1 g/mol. The van der Waals surface area contributed by atoms with Gasteiger partial charge >= 0.3 is 0 Å². The SMILES string of the molecule is C/C=C\CCN(C)C. The Kier molecular flexibility index (Phi) is 4.67. The Bertz CT molecular complexity index is 64.8. The summed E-state index contributed by atoms with van der Waals surface area (Å²) in [7, 11) is 4.17. The summed E-state index contributed by atoms with van der Waals surface area (Å²) >= 11 is 0. The summed E-state index contributed by atoms with van der Waals surface area (Å²) in [6, 6.07) is 0. The van der Waals surface area contributed by atoms with Gasteiger partial charge < -0.3 is 4.90 Å². The van der Waals surface area contributed by atoms with Crippen LogP contribution in [0.4, 0.5) is 0 Å². The molecule has 0 atom stereocenters. The molecule has 0 radical (unpaired) electrons. The number of rotatable bonds is 3. The van der Waals surface area contributed by atoms with E-state index in [1.807, 2.05) is 0 Å². The maximum atomic E-state index is 2.18. The first kappa shape index (κ1) is 7.70. The minimum atomic E-state index is 1.16. The summed E-state index contributed by atoms with van der Waals surface area (Å²) in [4.78, 5) is 2.18. The molecule has 0 amide bonds. The Balaban J connectivity index is 2.93. The predicted octanol–water partition coefficient (Wildman–Crippen LogP) is 1.51. The van der Waals surface area contributed by atoms with Crippen LogP contribution in [-0.2, 0) is 0 Å². The van der Waals surface area contributed by atoms with E-state index in [1.54, 1.807) is 0 Å². The van der Waals surface area contributed by atoms with E-state index in [4.69, 9.17) is 0 Å². The van der Waals surface area contributed by atoms with Crippen LogP contribution < -0.4 is 0 Å². The normalized spacial score (nSPS) is 11.5.